The highest BCUT2D eigenvalue weighted by Gasteiger charge is 2.19. The van der Waals surface area contributed by atoms with Crippen molar-refractivity contribution >= 4 is 38.9 Å². The zero-order chi connectivity index (χ0) is 19.9. The van der Waals surface area contributed by atoms with Crippen molar-refractivity contribution in [2.45, 2.75) is 19.4 Å². The van der Waals surface area contributed by atoms with Crippen LogP contribution in [-0.2, 0) is 26.2 Å². The van der Waals surface area contributed by atoms with Crippen LogP contribution in [0.15, 0.2) is 48.5 Å². The maximum absolute atomic E-state index is 12.2. The number of amides is 1. The van der Waals surface area contributed by atoms with Crippen LogP contribution in [0.1, 0.15) is 18.4 Å². The number of nitrogens with one attached hydrogen (secondary N) is 1. The quantitative estimate of drug-likeness (QED) is 0.684. The van der Waals surface area contributed by atoms with Gasteiger partial charge in [-0.15, -0.1) is 0 Å². The maximum atomic E-state index is 12.2. The smallest absolute Gasteiger partial charge is 0.232 e. The van der Waals surface area contributed by atoms with E-state index in [1.807, 2.05) is 18.2 Å². The molecule has 0 saturated carbocycles. The third-order valence-corrected chi connectivity index (χ3v) is 5.31. The maximum Gasteiger partial charge on any atom is 0.232 e. The highest BCUT2D eigenvalue weighted by Crippen LogP contribution is 2.27. The molecule has 0 atom stereocenters. The molecule has 0 heterocycles. The zero-order valence-electron chi connectivity index (χ0n) is 15.3. The number of anilines is 2. The van der Waals surface area contributed by atoms with Gasteiger partial charge in [-0.3, -0.25) is 9.10 Å². The van der Waals surface area contributed by atoms with Crippen LogP contribution in [0.3, 0.4) is 0 Å². The van der Waals surface area contributed by atoms with Gasteiger partial charge in [-0.1, -0.05) is 35.9 Å². The number of halogens is 1. The summed E-state index contributed by atoms with van der Waals surface area (Å²) in [5.41, 5.74) is 2.05. The summed E-state index contributed by atoms with van der Waals surface area (Å²) in [6.07, 6.45) is 1.67. The molecule has 2 aromatic rings. The van der Waals surface area contributed by atoms with Crippen molar-refractivity contribution in [1.29, 1.82) is 0 Å². The summed E-state index contributed by atoms with van der Waals surface area (Å²) in [7, 11) is -1.90. The molecule has 0 unspecified atom stereocenters. The molecule has 2 aromatic carbocycles. The minimum Gasteiger partial charge on any atom is -0.380 e. The number of methoxy groups -OCH3 is 1. The molecule has 0 aliphatic rings. The number of para-hydroxylation sites is 1. The Hall–Kier alpha value is -2.09. The van der Waals surface area contributed by atoms with Gasteiger partial charge < -0.3 is 10.1 Å². The van der Waals surface area contributed by atoms with E-state index >= 15 is 0 Å². The Morgan fingerprint density at radius 3 is 2.59 bits per heavy atom. The van der Waals surface area contributed by atoms with E-state index in [1.54, 1.807) is 37.4 Å². The molecule has 0 bridgehead atoms. The van der Waals surface area contributed by atoms with E-state index in [0.717, 1.165) is 11.8 Å². The van der Waals surface area contributed by atoms with Crippen molar-refractivity contribution in [3.8, 4) is 0 Å². The van der Waals surface area contributed by atoms with E-state index in [-0.39, 0.29) is 18.9 Å². The highest BCUT2D eigenvalue weighted by molar-refractivity contribution is 7.92. The molecule has 2 rings (SSSR count). The Bertz CT molecular complexity index is 887. The van der Waals surface area contributed by atoms with Crippen LogP contribution in [0, 0.1) is 0 Å². The summed E-state index contributed by atoms with van der Waals surface area (Å²) in [6, 6.07) is 14.1. The van der Waals surface area contributed by atoms with Gasteiger partial charge in [0.15, 0.2) is 0 Å². The molecule has 0 fully saturated rings. The number of nitrogens with zero attached hydrogens (tertiary/aromatic N) is 1. The lowest BCUT2D eigenvalue weighted by atomic mass is 10.2. The fraction of sp³-hybridized carbons (Fsp3) is 0.316. The Morgan fingerprint density at radius 2 is 1.93 bits per heavy atom. The second-order valence-electron chi connectivity index (χ2n) is 6.07. The number of carbonyl (C=O) groups excluding carboxylic acids is 1. The molecule has 1 N–H and O–H groups in total. The molecular formula is C19H23ClN2O4S. The van der Waals surface area contributed by atoms with Crippen LogP contribution in [0.2, 0.25) is 5.02 Å². The first kappa shape index (κ1) is 21.2. The van der Waals surface area contributed by atoms with Crippen LogP contribution in [0.4, 0.5) is 11.4 Å². The summed E-state index contributed by atoms with van der Waals surface area (Å²) < 4.78 is 30.5. The van der Waals surface area contributed by atoms with Gasteiger partial charge in [0, 0.05) is 25.8 Å². The van der Waals surface area contributed by atoms with Crippen LogP contribution in [0.5, 0.6) is 0 Å². The number of hydrogen-bond acceptors (Lipinski definition) is 4. The molecule has 0 saturated heterocycles. The summed E-state index contributed by atoms with van der Waals surface area (Å²) in [6.45, 7) is 0.630. The molecule has 0 aromatic heterocycles. The van der Waals surface area contributed by atoms with E-state index in [1.165, 1.54) is 4.31 Å². The van der Waals surface area contributed by atoms with Gasteiger partial charge in [-0.2, -0.15) is 0 Å². The van der Waals surface area contributed by atoms with E-state index in [4.69, 9.17) is 16.3 Å². The first-order chi connectivity index (χ1) is 12.8. The third kappa shape index (κ3) is 6.53. The van der Waals surface area contributed by atoms with Gasteiger partial charge in [0.05, 0.1) is 23.6 Å². The number of carbonyl (C=O) groups is 1. The van der Waals surface area contributed by atoms with Crippen LogP contribution >= 0.6 is 11.6 Å². The van der Waals surface area contributed by atoms with Gasteiger partial charge in [0.1, 0.15) is 0 Å². The number of benzene rings is 2. The molecule has 8 heteroatoms. The predicted octanol–water partition coefficient (Wildman–Crippen LogP) is 3.67. The number of hydrogen-bond donors (Lipinski definition) is 1. The molecule has 0 aliphatic heterocycles. The Morgan fingerprint density at radius 1 is 1.19 bits per heavy atom. The molecule has 0 aliphatic carbocycles. The number of sulfonamides is 1. The first-order valence-corrected chi connectivity index (χ1v) is 10.6. The van der Waals surface area contributed by atoms with Gasteiger partial charge in [0.25, 0.3) is 0 Å². The predicted molar refractivity (Wildman–Crippen MR) is 109 cm³/mol. The van der Waals surface area contributed by atoms with Crippen molar-refractivity contribution in [2.24, 2.45) is 0 Å². The van der Waals surface area contributed by atoms with Gasteiger partial charge in [0.2, 0.25) is 15.9 Å². The fourth-order valence-electron chi connectivity index (χ4n) is 2.63. The van der Waals surface area contributed by atoms with Crippen molar-refractivity contribution < 1.29 is 17.9 Å². The first-order valence-electron chi connectivity index (χ1n) is 8.41. The SMILES string of the molecule is COCc1cccc(NC(=O)CCCN(c2ccccc2Cl)S(C)(=O)=O)c1. The van der Waals surface area contributed by atoms with Gasteiger partial charge >= 0.3 is 0 Å². The summed E-state index contributed by atoms with van der Waals surface area (Å²) >= 11 is 6.12. The van der Waals surface area contributed by atoms with E-state index < -0.39 is 10.0 Å². The summed E-state index contributed by atoms with van der Waals surface area (Å²) in [5.74, 6) is -0.183. The van der Waals surface area contributed by atoms with Crippen molar-refractivity contribution in [1.82, 2.24) is 0 Å². The average Bonchev–Trinajstić information content (AvgIpc) is 2.59. The van der Waals surface area contributed by atoms with Crippen LogP contribution in [-0.4, -0.2) is 34.2 Å². The van der Waals surface area contributed by atoms with Crippen molar-refractivity contribution in [3.05, 3.63) is 59.1 Å². The lowest BCUT2D eigenvalue weighted by Gasteiger charge is -2.23. The second-order valence-corrected chi connectivity index (χ2v) is 8.39. The van der Waals surface area contributed by atoms with Crippen molar-refractivity contribution in [3.63, 3.8) is 0 Å². The third-order valence-electron chi connectivity index (χ3n) is 3.81. The fourth-order valence-corrected chi connectivity index (χ4v) is 3.90. The van der Waals surface area contributed by atoms with Crippen molar-refractivity contribution in [2.75, 3.05) is 29.5 Å². The molecule has 0 radical (unpaired) electrons. The van der Waals surface area contributed by atoms with Gasteiger partial charge in [-0.05, 0) is 36.2 Å². The normalized spacial score (nSPS) is 11.2. The molecule has 27 heavy (non-hydrogen) atoms. The standard InChI is InChI=1S/C19H23ClN2O4S/c1-26-14-15-7-5-8-16(13-15)21-19(23)11-6-12-22(27(2,24)25)18-10-4-3-9-17(18)20/h3-5,7-10,13H,6,11-12,14H2,1-2H3,(H,21,23). The highest BCUT2D eigenvalue weighted by atomic mass is 35.5. The molecule has 6 nitrogen and oxygen atoms in total. The largest absolute Gasteiger partial charge is 0.380 e. The van der Waals surface area contributed by atoms with Gasteiger partial charge in [-0.25, -0.2) is 8.42 Å². The molecule has 1 amide bonds. The van der Waals surface area contributed by atoms with Crippen LogP contribution in [0.25, 0.3) is 0 Å². The summed E-state index contributed by atoms with van der Waals surface area (Å²) in [4.78, 5) is 12.2. The molecular weight excluding hydrogens is 388 g/mol. The molecule has 146 valence electrons. The van der Waals surface area contributed by atoms with E-state index in [2.05, 4.69) is 5.32 Å². The van der Waals surface area contributed by atoms with E-state index in [0.29, 0.717) is 29.4 Å². The lowest BCUT2D eigenvalue weighted by Crippen LogP contribution is -2.31. The number of rotatable bonds is 9. The van der Waals surface area contributed by atoms with E-state index in [9.17, 15) is 13.2 Å². The second kappa shape index (κ2) is 9.73. The Kier molecular flexibility index (Phi) is 7.65. The minimum atomic E-state index is -3.51. The Labute approximate surface area is 165 Å². The van der Waals surface area contributed by atoms with Crippen LogP contribution < -0.4 is 9.62 Å². The Balaban J connectivity index is 1.96. The monoisotopic (exact) mass is 410 g/mol. The lowest BCUT2D eigenvalue weighted by molar-refractivity contribution is -0.116. The zero-order valence-corrected chi connectivity index (χ0v) is 16.9. The average molecular weight is 411 g/mol. The number of ether oxygens (including phenoxy) is 1. The minimum absolute atomic E-state index is 0.166. The molecule has 0 spiro atoms. The topological polar surface area (TPSA) is 75.7 Å². The summed E-state index contributed by atoms with van der Waals surface area (Å²) in [5, 5.41) is 3.17.